The summed E-state index contributed by atoms with van der Waals surface area (Å²) in [5.41, 5.74) is 1.50. The third-order valence-corrected chi connectivity index (χ3v) is 4.91. The third-order valence-electron chi connectivity index (χ3n) is 4.58. The Balaban J connectivity index is 1.28. The summed E-state index contributed by atoms with van der Waals surface area (Å²) in [5.74, 6) is 1.16. The largest absolute Gasteiger partial charge is 0.334 e. The highest BCUT2D eigenvalue weighted by Crippen LogP contribution is 2.21. The average Bonchev–Trinajstić information content (AvgIpc) is 3.34. The molecule has 0 aliphatic carbocycles. The molecule has 2 amide bonds. The van der Waals surface area contributed by atoms with Gasteiger partial charge in [-0.15, -0.1) is 0 Å². The molecule has 1 saturated heterocycles. The van der Waals surface area contributed by atoms with Crippen LogP contribution in [0.1, 0.15) is 12.2 Å². The highest BCUT2D eigenvalue weighted by Gasteiger charge is 2.25. The van der Waals surface area contributed by atoms with Gasteiger partial charge in [-0.1, -0.05) is 47.1 Å². The number of hydrogen-bond acceptors (Lipinski definition) is 5. The summed E-state index contributed by atoms with van der Waals surface area (Å²) in [4.78, 5) is 18.9. The fraction of sp³-hybridized carbons (Fsp3) is 0.250. The molecule has 0 saturated carbocycles. The van der Waals surface area contributed by atoms with E-state index in [1.165, 1.54) is 0 Å². The Labute approximate surface area is 167 Å². The molecule has 3 aromatic rings. The predicted octanol–water partition coefficient (Wildman–Crippen LogP) is 3.79. The van der Waals surface area contributed by atoms with Crippen molar-refractivity contribution in [2.75, 3.05) is 18.4 Å². The van der Waals surface area contributed by atoms with E-state index in [0.29, 0.717) is 29.0 Å². The van der Waals surface area contributed by atoms with Gasteiger partial charge in [0.05, 0.1) is 17.3 Å². The first kappa shape index (κ1) is 18.5. The fourth-order valence-corrected chi connectivity index (χ4v) is 3.40. The molecule has 1 fully saturated rings. The Morgan fingerprint density at radius 1 is 1.18 bits per heavy atom. The number of benzene rings is 2. The van der Waals surface area contributed by atoms with Gasteiger partial charge < -0.3 is 15.2 Å². The maximum atomic E-state index is 12.2. The number of halogens is 1. The van der Waals surface area contributed by atoms with E-state index < -0.39 is 0 Å². The first-order valence-electron chi connectivity index (χ1n) is 9.10. The molecule has 1 unspecified atom stereocenters. The van der Waals surface area contributed by atoms with Crippen molar-refractivity contribution in [1.82, 2.24) is 20.4 Å². The van der Waals surface area contributed by atoms with Gasteiger partial charge in [0.15, 0.2) is 5.82 Å². The van der Waals surface area contributed by atoms with Crippen molar-refractivity contribution in [2.24, 2.45) is 0 Å². The standard InChI is InChI=1S/C20H20ClN5O2/c21-16-8-4-5-9-17(16)23-20(27)22-15-10-11-26(12-15)13-18-24-19(28-25-18)14-6-2-1-3-7-14/h1-9,15H,10-13H2,(H2,22,23,27). The van der Waals surface area contributed by atoms with Crippen molar-refractivity contribution in [3.05, 3.63) is 65.4 Å². The summed E-state index contributed by atoms with van der Waals surface area (Å²) in [6.45, 7) is 2.16. The van der Waals surface area contributed by atoms with Crippen LogP contribution in [0.25, 0.3) is 11.5 Å². The number of carbonyl (C=O) groups excluding carboxylic acids is 1. The van der Waals surface area contributed by atoms with Crippen molar-refractivity contribution in [3.8, 4) is 11.5 Å². The number of para-hydroxylation sites is 1. The maximum absolute atomic E-state index is 12.2. The van der Waals surface area contributed by atoms with Gasteiger partial charge in [0.25, 0.3) is 5.89 Å². The van der Waals surface area contributed by atoms with Crippen LogP contribution in [0.3, 0.4) is 0 Å². The second-order valence-corrected chi connectivity index (χ2v) is 7.09. The minimum atomic E-state index is -0.258. The van der Waals surface area contributed by atoms with Gasteiger partial charge in [0.2, 0.25) is 0 Å². The number of nitrogens with one attached hydrogen (secondary N) is 2. The zero-order valence-corrected chi connectivity index (χ0v) is 15.9. The summed E-state index contributed by atoms with van der Waals surface area (Å²) >= 11 is 6.07. The topological polar surface area (TPSA) is 83.3 Å². The molecular weight excluding hydrogens is 378 g/mol. The Morgan fingerprint density at radius 3 is 2.79 bits per heavy atom. The second-order valence-electron chi connectivity index (χ2n) is 6.68. The monoisotopic (exact) mass is 397 g/mol. The van der Waals surface area contributed by atoms with Crippen LogP contribution in [-0.2, 0) is 6.54 Å². The summed E-state index contributed by atoms with van der Waals surface area (Å²) < 4.78 is 5.35. The van der Waals surface area contributed by atoms with E-state index in [2.05, 4.69) is 25.7 Å². The Bertz CT molecular complexity index is 947. The van der Waals surface area contributed by atoms with Crippen LogP contribution < -0.4 is 10.6 Å². The normalized spacial score (nSPS) is 16.8. The van der Waals surface area contributed by atoms with Crippen molar-refractivity contribution >= 4 is 23.3 Å². The van der Waals surface area contributed by atoms with Gasteiger partial charge in [0.1, 0.15) is 0 Å². The van der Waals surface area contributed by atoms with E-state index >= 15 is 0 Å². The minimum absolute atomic E-state index is 0.0583. The zero-order chi connectivity index (χ0) is 19.3. The van der Waals surface area contributed by atoms with Crippen molar-refractivity contribution in [1.29, 1.82) is 0 Å². The lowest BCUT2D eigenvalue weighted by Gasteiger charge is -2.15. The summed E-state index contributed by atoms with van der Waals surface area (Å²) in [5, 5.41) is 10.3. The Morgan fingerprint density at radius 2 is 1.96 bits per heavy atom. The molecule has 4 rings (SSSR count). The molecule has 8 heteroatoms. The summed E-state index contributed by atoms with van der Waals surface area (Å²) in [6, 6.07) is 16.6. The van der Waals surface area contributed by atoms with E-state index in [-0.39, 0.29) is 12.1 Å². The molecular formula is C20H20ClN5O2. The number of likely N-dealkylation sites (tertiary alicyclic amines) is 1. The van der Waals surface area contributed by atoms with Crippen LogP contribution >= 0.6 is 11.6 Å². The summed E-state index contributed by atoms with van der Waals surface area (Å²) in [6.07, 6.45) is 0.860. The SMILES string of the molecule is O=C(Nc1ccccc1Cl)NC1CCN(Cc2noc(-c3ccccc3)n2)C1. The number of rotatable bonds is 5. The Hall–Kier alpha value is -2.90. The van der Waals surface area contributed by atoms with Gasteiger partial charge in [-0.3, -0.25) is 4.90 Å². The van der Waals surface area contributed by atoms with Crippen LogP contribution in [0.4, 0.5) is 10.5 Å². The number of carbonyl (C=O) groups is 1. The van der Waals surface area contributed by atoms with Crippen LogP contribution in [0.15, 0.2) is 59.1 Å². The lowest BCUT2D eigenvalue weighted by molar-refractivity contribution is 0.247. The van der Waals surface area contributed by atoms with Gasteiger partial charge in [0, 0.05) is 24.7 Å². The number of urea groups is 1. The van der Waals surface area contributed by atoms with Crippen LogP contribution in [0.5, 0.6) is 0 Å². The molecule has 2 heterocycles. The number of anilines is 1. The van der Waals surface area contributed by atoms with E-state index in [1.54, 1.807) is 12.1 Å². The first-order valence-corrected chi connectivity index (χ1v) is 9.47. The highest BCUT2D eigenvalue weighted by atomic mass is 35.5. The second kappa shape index (κ2) is 8.41. The number of aromatic nitrogens is 2. The lowest BCUT2D eigenvalue weighted by Crippen LogP contribution is -2.39. The van der Waals surface area contributed by atoms with E-state index in [9.17, 15) is 4.79 Å². The molecule has 1 aliphatic rings. The molecule has 1 aromatic heterocycles. The quantitative estimate of drug-likeness (QED) is 0.684. The average molecular weight is 398 g/mol. The highest BCUT2D eigenvalue weighted by molar-refractivity contribution is 6.33. The molecule has 7 nitrogen and oxygen atoms in total. The number of hydrogen-bond donors (Lipinski definition) is 2. The van der Waals surface area contributed by atoms with Gasteiger partial charge >= 0.3 is 6.03 Å². The van der Waals surface area contributed by atoms with E-state index in [4.69, 9.17) is 16.1 Å². The molecule has 2 N–H and O–H groups in total. The van der Waals surface area contributed by atoms with Gasteiger partial charge in [-0.25, -0.2) is 4.79 Å². The number of nitrogens with zero attached hydrogens (tertiary/aromatic N) is 3. The minimum Gasteiger partial charge on any atom is -0.334 e. The van der Waals surface area contributed by atoms with Crippen molar-refractivity contribution < 1.29 is 9.32 Å². The van der Waals surface area contributed by atoms with E-state index in [1.807, 2.05) is 42.5 Å². The molecule has 28 heavy (non-hydrogen) atoms. The van der Waals surface area contributed by atoms with Crippen molar-refractivity contribution in [2.45, 2.75) is 19.0 Å². The summed E-state index contributed by atoms with van der Waals surface area (Å²) in [7, 11) is 0. The fourth-order valence-electron chi connectivity index (χ4n) is 3.22. The van der Waals surface area contributed by atoms with Crippen LogP contribution in [0.2, 0.25) is 5.02 Å². The van der Waals surface area contributed by atoms with Crippen LogP contribution in [-0.4, -0.2) is 40.2 Å². The smallest absolute Gasteiger partial charge is 0.319 e. The molecule has 144 valence electrons. The molecule has 1 atom stereocenters. The first-order chi connectivity index (χ1) is 13.7. The third kappa shape index (κ3) is 4.49. The predicted molar refractivity (Wildman–Crippen MR) is 107 cm³/mol. The Kier molecular flexibility index (Phi) is 5.55. The number of amides is 2. The van der Waals surface area contributed by atoms with Crippen molar-refractivity contribution in [3.63, 3.8) is 0 Å². The lowest BCUT2D eigenvalue weighted by atomic mass is 10.2. The zero-order valence-electron chi connectivity index (χ0n) is 15.1. The molecule has 2 aromatic carbocycles. The molecule has 0 bridgehead atoms. The van der Waals surface area contributed by atoms with Crippen LogP contribution in [0, 0.1) is 0 Å². The van der Waals surface area contributed by atoms with E-state index in [0.717, 1.165) is 25.1 Å². The maximum Gasteiger partial charge on any atom is 0.319 e. The van der Waals surface area contributed by atoms with Gasteiger partial charge in [-0.05, 0) is 30.7 Å². The van der Waals surface area contributed by atoms with Gasteiger partial charge in [-0.2, -0.15) is 4.98 Å². The molecule has 0 radical (unpaired) electrons. The molecule has 1 aliphatic heterocycles. The molecule has 0 spiro atoms.